The highest BCUT2D eigenvalue weighted by atomic mass is 19.4. The predicted molar refractivity (Wildman–Crippen MR) is 155 cm³/mol. The van der Waals surface area contributed by atoms with Crippen LogP contribution in [-0.4, -0.2) is 51.6 Å². The zero-order chi connectivity index (χ0) is 32.0. The van der Waals surface area contributed by atoms with E-state index in [1.807, 2.05) is 20.8 Å². The van der Waals surface area contributed by atoms with Gasteiger partial charge in [0.2, 0.25) is 0 Å². The van der Waals surface area contributed by atoms with Crippen LogP contribution in [0.25, 0.3) is 0 Å². The summed E-state index contributed by atoms with van der Waals surface area (Å²) in [5.74, 6) is -0.931. The Balaban J connectivity index is 0.00000216. The maximum absolute atomic E-state index is 13.6. The van der Waals surface area contributed by atoms with Gasteiger partial charge in [-0.25, -0.2) is 4.79 Å². The van der Waals surface area contributed by atoms with E-state index < -0.39 is 41.0 Å². The van der Waals surface area contributed by atoms with Crippen LogP contribution < -0.4 is 21.5 Å². The van der Waals surface area contributed by atoms with Crippen molar-refractivity contribution in [2.75, 3.05) is 37.0 Å². The molecule has 2 aliphatic rings. The summed E-state index contributed by atoms with van der Waals surface area (Å²) in [4.78, 5) is 41.1. The molecule has 240 valence electrons. The van der Waals surface area contributed by atoms with E-state index >= 15 is 0 Å². The summed E-state index contributed by atoms with van der Waals surface area (Å²) < 4.78 is 59.6. The van der Waals surface area contributed by atoms with E-state index in [0.717, 1.165) is 16.7 Å². The average Bonchev–Trinajstić information content (AvgIpc) is 3.64. The second-order valence-electron chi connectivity index (χ2n) is 10.0. The third-order valence-electron chi connectivity index (χ3n) is 7.09. The number of nitrogens with zero attached hydrogens (tertiary/aromatic N) is 5. The van der Waals surface area contributed by atoms with E-state index in [9.17, 15) is 27.6 Å². The van der Waals surface area contributed by atoms with Gasteiger partial charge >= 0.3 is 17.8 Å². The average molecular weight is 623 g/mol. The Morgan fingerprint density at radius 3 is 2.52 bits per heavy atom. The van der Waals surface area contributed by atoms with Gasteiger partial charge in [0.05, 0.1) is 31.5 Å². The molecule has 12 nitrogen and oxygen atoms in total. The summed E-state index contributed by atoms with van der Waals surface area (Å²) >= 11 is 0. The number of nitrogens with one attached hydrogen (secondary N) is 1. The highest BCUT2D eigenvalue weighted by molar-refractivity contribution is 5.75. The molecule has 2 aromatic heterocycles. The topological polar surface area (TPSA) is 122 Å². The Kier molecular flexibility index (Phi) is 10.5. The number of alkyl halides is 3. The highest BCUT2D eigenvalue weighted by Gasteiger charge is 2.38. The van der Waals surface area contributed by atoms with Crippen molar-refractivity contribution in [2.24, 2.45) is 5.92 Å². The van der Waals surface area contributed by atoms with Gasteiger partial charge in [-0.05, 0) is 31.0 Å². The number of hydrogen-bond acceptors (Lipinski definition) is 9. The number of aromatic nitrogens is 4. The van der Waals surface area contributed by atoms with Crippen molar-refractivity contribution in [3.05, 3.63) is 74.2 Å². The largest absolute Gasteiger partial charge is 0.444 e. The molecule has 1 aromatic carbocycles. The Labute approximate surface area is 251 Å². The fourth-order valence-corrected chi connectivity index (χ4v) is 5.06. The van der Waals surface area contributed by atoms with Gasteiger partial charge < -0.3 is 24.4 Å². The van der Waals surface area contributed by atoms with Crippen molar-refractivity contribution in [1.82, 2.24) is 18.9 Å². The molecule has 4 heterocycles. The Morgan fingerprint density at radius 1 is 1.14 bits per heavy atom. The molecule has 3 aromatic rings. The lowest BCUT2D eigenvalue weighted by Crippen LogP contribution is -2.42. The number of ether oxygens (including phenoxy) is 3. The molecular weight excluding hydrogens is 585 g/mol. The van der Waals surface area contributed by atoms with Crippen molar-refractivity contribution >= 4 is 17.5 Å². The molecule has 15 heteroatoms. The van der Waals surface area contributed by atoms with Crippen LogP contribution in [0.2, 0.25) is 0 Å². The summed E-state index contributed by atoms with van der Waals surface area (Å²) in [6.07, 6.45) is -1.57. The van der Waals surface area contributed by atoms with Crippen LogP contribution >= 0.6 is 0 Å². The Hall–Kier alpha value is -4.11. The molecule has 1 fully saturated rings. The van der Waals surface area contributed by atoms with Gasteiger partial charge in [0.25, 0.3) is 5.56 Å². The van der Waals surface area contributed by atoms with Crippen molar-refractivity contribution in [2.45, 2.75) is 66.1 Å². The molecule has 1 atom stereocenters. The van der Waals surface area contributed by atoms with Gasteiger partial charge in [0.1, 0.15) is 30.4 Å². The number of carbonyl (C=O) groups is 1. The summed E-state index contributed by atoms with van der Waals surface area (Å²) in [6, 6.07) is 4.97. The highest BCUT2D eigenvalue weighted by Crippen LogP contribution is 2.38. The minimum absolute atomic E-state index is 0.0588. The number of carbonyl (C=O) groups excluding carboxylic acids is 1. The first kappa shape index (κ1) is 32.8. The maximum atomic E-state index is 13.6. The molecular formula is C29H37F3N6O6. The quantitative estimate of drug-likeness (QED) is 0.356. The molecule has 0 bridgehead atoms. The van der Waals surface area contributed by atoms with Gasteiger partial charge in [-0.15, -0.1) is 0 Å². The van der Waals surface area contributed by atoms with Crippen molar-refractivity contribution < 1.29 is 32.2 Å². The molecule has 1 N–H and O–H groups in total. The number of benzene rings is 1. The van der Waals surface area contributed by atoms with Crippen LogP contribution in [-0.2, 0) is 44.8 Å². The van der Waals surface area contributed by atoms with Crippen LogP contribution in [0, 0.1) is 5.92 Å². The predicted octanol–water partition coefficient (Wildman–Crippen LogP) is 3.78. The molecule has 2 aliphatic heterocycles. The second kappa shape index (κ2) is 14.1. The van der Waals surface area contributed by atoms with Crippen molar-refractivity contribution in [1.29, 1.82) is 0 Å². The lowest BCUT2D eigenvalue weighted by Gasteiger charge is -2.27. The Morgan fingerprint density at radius 2 is 1.86 bits per heavy atom. The molecule has 1 unspecified atom stereocenters. The summed E-state index contributed by atoms with van der Waals surface area (Å²) in [6.45, 7) is 8.19. The molecule has 0 saturated carbocycles. The molecule has 1 saturated heterocycles. The van der Waals surface area contributed by atoms with Crippen LogP contribution in [0.1, 0.15) is 57.0 Å². The number of esters is 1. The van der Waals surface area contributed by atoms with Gasteiger partial charge in [-0.3, -0.25) is 23.4 Å². The second-order valence-corrected chi connectivity index (χ2v) is 10.0. The van der Waals surface area contributed by atoms with E-state index in [2.05, 4.69) is 10.4 Å². The molecule has 0 amide bonds. The van der Waals surface area contributed by atoms with Crippen LogP contribution in [0.4, 0.5) is 24.7 Å². The molecule has 5 rings (SSSR count). The first-order valence-electron chi connectivity index (χ1n) is 14.5. The van der Waals surface area contributed by atoms with E-state index in [-0.39, 0.29) is 57.9 Å². The monoisotopic (exact) mass is 622 g/mol. The smallest absolute Gasteiger partial charge is 0.416 e. The molecule has 0 aliphatic carbocycles. The number of halogens is 3. The summed E-state index contributed by atoms with van der Waals surface area (Å²) in [5.41, 5.74) is -0.673. The van der Waals surface area contributed by atoms with Crippen LogP contribution in [0.3, 0.4) is 0 Å². The van der Waals surface area contributed by atoms with E-state index in [1.54, 1.807) is 24.1 Å². The normalized spacial score (nSPS) is 16.6. The lowest BCUT2D eigenvalue weighted by molar-refractivity contribution is -0.171. The zero-order valence-electron chi connectivity index (χ0n) is 25.1. The third kappa shape index (κ3) is 6.83. The first-order valence-corrected chi connectivity index (χ1v) is 14.5. The van der Waals surface area contributed by atoms with Crippen molar-refractivity contribution in [3.8, 4) is 0 Å². The maximum Gasteiger partial charge on any atom is 0.416 e. The van der Waals surface area contributed by atoms with E-state index in [4.69, 9.17) is 14.2 Å². The SMILES string of the molecule is CC.CCCn1c(=O)c2c(n(CC)c1=O)NC(c1cnn(Cc3cccc(C(F)(F)F)c3)c1)N2COC(=O)C1COCOC1. The third-order valence-corrected chi connectivity index (χ3v) is 7.09. The van der Waals surface area contributed by atoms with E-state index in [0.29, 0.717) is 17.5 Å². The van der Waals surface area contributed by atoms with Gasteiger partial charge in [0.15, 0.2) is 6.73 Å². The summed E-state index contributed by atoms with van der Waals surface area (Å²) in [7, 11) is 0. The first-order chi connectivity index (χ1) is 21.1. The van der Waals surface area contributed by atoms with Gasteiger partial charge in [-0.1, -0.05) is 32.9 Å². The van der Waals surface area contributed by atoms with Gasteiger partial charge in [-0.2, -0.15) is 18.3 Å². The fourth-order valence-electron chi connectivity index (χ4n) is 5.06. The van der Waals surface area contributed by atoms with Crippen molar-refractivity contribution in [3.63, 3.8) is 0 Å². The molecule has 0 spiro atoms. The lowest BCUT2D eigenvalue weighted by atomic mass is 10.1. The number of anilines is 2. The number of hydrogen-bond donors (Lipinski definition) is 1. The van der Waals surface area contributed by atoms with Crippen LogP contribution in [0.15, 0.2) is 46.2 Å². The molecule has 0 radical (unpaired) electrons. The van der Waals surface area contributed by atoms with E-state index in [1.165, 1.54) is 21.5 Å². The summed E-state index contributed by atoms with van der Waals surface area (Å²) in [5, 5.41) is 7.53. The fraction of sp³-hybridized carbons (Fsp3) is 0.517. The van der Waals surface area contributed by atoms with Crippen LogP contribution in [0.5, 0.6) is 0 Å². The van der Waals surface area contributed by atoms with Gasteiger partial charge in [0, 0.05) is 24.8 Å². The number of rotatable bonds is 9. The minimum atomic E-state index is -4.47. The standard InChI is InChI=1S/C27H31F3N6O6.C2H6/c1-3-8-35-24(37)21-23(34(4-2)26(35)39)32-22(36(21)15-42-25(38)19-13-40-16-41-14-19)18-10-31-33(12-18)11-17-6-5-7-20(9-17)27(28,29)30;1-2/h5-7,9-10,12,19,22,32H,3-4,8,11,13-16H2,1-2H3;1-2H3. The zero-order valence-corrected chi connectivity index (χ0v) is 25.1. The minimum Gasteiger partial charge on any atom is -0.444 e. The number of fused-ring (bicyclic) bond motifs is 1. The molecule has 44 heavy (non-hydrogen) atoms. The Bertz CT molecular complexity index is 1560.